The second kappa shape index (κ2) is 6.66. The summed E-state index contributed by atoms with van der Waals surface area (Å²) < 4.78 is 38.6. The summed E-state index contributed by atoms with van der Waals surface area (Å²) in [4.78, 5) is 2.09. The first-order valence-electron chi connectivity index (χ1n) is 7.21. The van der Waals surface area contributed by atoms with E-state index in [2.05, 4.69) is 4.90 Å². The van der Waals surface area contributed by atoms with Crippen molar-refractivity contribution >= 4 is 5.69 Å². The summed E-state index contributed by atoms with van der Waals surface area (Å²) in [5.41, 5.74) is 5.73. The summed E-state index contributed by atoms with van der Waals surface area (Å²) in [6.07, 6.45) is -1.58. The average molecular weight is 302 g/mol. The van der Waals surface area contributed by atoms with Crippen LogP contribution in [0.2, 0.25) is 0 Å². The molecular weight excluding hydrogens is 281 g/mol. The van der Waals surface area contributed by atoms with Crippen molar-refractivity contribution in [1.82, 2.24) is 0 Å². The van der Waals surface area contributed by atoms with E-state index in [0.29, 0.717) is 5.92 Å². The number of piperidine rings is 1. The summed E-state index contributed by atoms with van der Waals surface area (Å²) in [5.74, 6) is 0.396. The van der Waals surface area contributed by atoms with Crippen LogP contribution >= 0.6 is 0 Å². The maximum atomic E-state index is 12.9. The molecule has 1 aromatic carbocycles. The van der Waals surface area contributed by atoms with E-state index >= 15 is 0 Å². The molecule has 1 aliphatic rings. The number of aliphatic hydroxyl groups excluding tert-OH is 1. The van der Waals surface area contributed by atoms with Crippen LogP contribution in [0, 0.1) is 5.92 Å². The molecule has 1 saturated heterocycles. The van der Waals surface area contributed by atoms with Crippen molar-refractivity contribution in [3.05, 3.63) is 29.3 Å². The number of hydrogen-bond donors (Lipinski definition) is 2. The van der Waals surface area contributed by atoms with Gasteiger partial charge in [-0.25, -0.2) is 0 Å². The van der Waals surface area contributed by atoms with Gasteiger partial charge in [0.15, 0.2) is 0 Å². The molecule has 0 aliphatic carbocycles. The first-order chi connectivity index (χ1) is 9.95. The second-order valence-corrected chi connectivity index (χ2v) is 5.51. The van der Waals surface area contributed by atoms with Crippen molar-refractivity contribution in [2.45, 2.75) is 32.0 Å². The van der Waals surface area contributed by atoms with Gasteiger partial charge in [0.25, 0.3) is 0 Å². The van der Waals surface area contributed by atoms with Crippen molar-refractivity contribution in [3.8, 4) is 0 Å². The van der Waals surface area contributed by atoms with Gasteiger partial charge >= 0.3 is 6.18 Å². The van der Waals surface area contributed by atoms with Gasteiger partial charge in [-0.2, -0.15) is 13.2 Å². The number of anilines is 1. The van der Waals surface area contributed by atoms with Crippen molar-refractivity contribution < 1.29 is 18.3 Å². The lowest BCUT2D eigenvalue weighted by Crippen LogP contribution is -2.35. The Bertz CT molecular complexity index is 474. The molecule has 0 bridgehead atoms. The molecule has 0 aromatic heterocycles. The lowest BCUT2D eigenvalue weighted by Gasteiger charge is -2.34. The largest absolute Gasteiger partial charge is 0.416 e. The number of nitrogens with two attached hydrogens (primary N) is 1. The van der Waals surface area contributed by atoms with Crippen LogP contribution in [-0.4, -0.2) is 24.8 Å². The molecule has 21 heavy (non-hydrogen) atoms. The number of nitrogens with zero attached hydrogens (tertiary/aromatic N) is 1. The third-order valence-electron chi connectivity index (χ3n) is 4.04. The number of hydrogen-bond acceptors (Lipinski definition) is 3. The highest BCUT2D eigenvalue weighted by molar-refractivity contribution is 5.52. The van der Waals surface area contributed by atoms with Gasteiger partial charge in [-0.05, 0) is 48.9 Å². The topological polar surface area (TPSA) is 49.5 Å². The fourth-order valence-corrected chi connectivity index (χ4v) is 2.94. The Balaban J connectivity index is 2.20. The molecule has 1 aliphatic heterocycles. The minimum atomic E-state index is -4.37. The maximum Gasteiger partial charge on any atom is 0.416 e. The lowest BCUT2D eigenvalue weighted by molar-refractivity contribution is -0.138. The van der Waals surface area contributed by atoms with Gasteiger partial charge in [0.2, 0.25) is 0 Å². The van der Waals surface area contributed by atoms with Gasteiger partial charge in [0, 0.05) is 31.9 Å². The molecule has 0 amide bonds. The van der Waals surface area contributed by atoms with Crippen LogP contribution in [0.25, 0.3) is 0 Å². The Morgan fingerprint density at radius 3 is 2.71 bits per heavy atom. The normalized spacial score (nSPS) is 19.9. The quantitative estimate of drug-likeness (QED) is 0.899. The third kappa shape index (κ3) is 3.89. The molecule has 6 heteroatoms. The average Bonchev–Trinajstić information content (AvgIpc) is 2.46. The van der Waals surface area contributed by atoms with Crippen LogP contribution in [0.15, 0.2) is 18.2 Å². The highest BCUT2D eigenvalue weighted by atomic mass is 19.4. The van der Waals surface area contributed by atoms with Crippen molar-refractivity contribution in [3.63, 3.8) is 0 Å². The molecule has 1 aromatic rings. The molecule has 1 heterocycles. The molecule has 1 unspecified atom stereocenters. The van der Waals surface area contributed by atoms with Gasteiger partial charge < -0.3 is 15.7 Å². The number of alkyl halides is 3. The van der Waals surface area contributed by atoms with Gasteiger partial charge in [0.1, 0.15) is 0 Å². The Kier molecular flexibility index (Phi) is 5.11. The first-order valence-corrected chi connectivity index (χ1v) is 7.21. The zero-order chi connectivity index (χ0) is 15.5. The van der Waals surface area contributed by atoms with E-state index in [9.17, 15) is 13.2 Å². The minimum absolute atomic E-state index is 0.128. The van der Waals surface area contributed by atoms with Crippen LogP contribution in [-0.2, 0) is 12.7 Å². The highest BCUT2D eigenvalue weighted by Crippen LogP contribution is 2.34. The standard InChI is InChI=1S/C15H21F3N2O/c16-15(17,18)14-4-3-13(8-12(14)9-19)20-6-1-2-11(10-20)5-7-21/h3-4,8,11,21H,1-2,5-7,9-10,19H2. The molecule has 0 saturated carbocycles. The second-order valence-electron chi connectivity index (χ2n) is 5.51. The molecule has 3 nitrogen and oxygen atoms in total. The fourth-order valence-electron chi connectivity index (χ4n) is 2.94. The monoisotopic (exact) mass is 302 g/mol. The third-order valence-corrected chi connectivity index (χ3v) is 4.04. The van der Waals surface area contributed by atoms with Gasteiger partial charge in [-0.15, -0.1) is 0 Å². The first kappa shape index (κ1) is 16.1. The van der Waals surface area contributed by atoms with Gasteiger partial charge in [-0.1, -0.05) is 0 Å². The zero-order valence-corrected chi connectivity index (χ0v) is 11.9. The van der Waals surface area contributed by atoms with Crippen molar-refractivity contribution in [2.24, 2.45) is 11.7 Å². The Hall–Kier alpha value is -1.27. The van der Waals surface area contributed by atoms with Crippen LogP contribution in [0.4, 0.5) is 18.9 Å². The summed E-state index contributed by atoms with van der Waals surface area (Å²) in [7, 11) is 0. The van der Waals surface area contributed by atoms with Crippen LogP contribution in [0.5, 0.6) is 0 Å². The number of rotatable bonds is 4. The van der Waals surface area contributed by atoms with Crippen LogP contribution < -0.4 is 10.6 Å². The zero-order valence-electron chi connectivity index (χ0n) is 11.9. The Labute approximate surface area is 122 Å². The number of aliphatic hydroxyl groups is 1. The highest BCUT2D eigenvalue weighted by Gasteiger charge is 2.33. The van der Waals surface area contributed by atoms with Gasteiger partial charge in [0.05, 0.1) is 5.56 Å². The maximum absolute atomic E-state index is 12.9. The van der Waals surface area contributed by atoms with E-state index in [-0.39, 0.29) is 18.7 Å². The Morgan fingerprint density at radius 1 is 1.33 bits per heavy atom. The fraction of sp³-hybridized carbons (Fsp3) is 0.600. The van der Waals surface area contributed by atoms with Gasteiger partial charge in [-0.3, -0.25) is 0 Å². The van der Waals surface area contributed by atoms with E-state index in [4.69, 9.17) is 10.8 Å². The van der Waals surface area contributed by atoms with E-state index in [1.807, 2.05) is 0 Å². The SMILES string of the molecule is NCc1cc(N2CCCC(CCO)C2)ccc1C(F)(F)F. The molecule has 0 radical (unpaired) electrons. The van der Waals surface area contributed by atoms with E-state index in [0.717, 1.165) is 44.1 Å². The van der Waals surface area contributed by atoms with Crippen LogP contribution in [0.1, 0.15) is 30.4 Å². The predicted octanol–water partition coefficient (Wildman–Crippen LogP) is 2.76. The van der Waals surface area contributed by atoms with Crippen molar-refractivity contribution in [1.29, 1.82) is 0 Å². The van der Waals surface area contributed by atoms with E-state index in [1.165, 1.54) is 6.07 Å². The van der Waals surface area contributed by atoms with E-state index < -0.39 is 11.7 Å². The van der Waals surface area contributed by atoms with E-state index in [1.54, 1.807) is 6.07 Å². The van der Waals surface area contributed by atoms with Crippen LogP contribution in [0.3, 0.4) is 0 Å². The summed E-state index contributed by atoms with van der Waals surface area (Å²) in [6.45, 7) is 1.63. The minimum Gasteiger partial charge on any atom is -0.396 e. The summed E-state index contributed by atoms with van der Waals surface area (Å²) >= 11 is 0. The summed E-state index contributed by atoms with van der Waals surface area (Å²) in [6, 6.07) is 4.18. The number of halogens is 3. The lowest BCUT2D eigenvalue weighted by atomic mass is 9.94. The molecule has 118 valence electrons. The number of benzene rings is 1. The smallest absolute Gasteiger partial charge is 0.396 e. The summed E-state index contributed by atoms with van der Waals surface area (Å²) in [5, 5.41) is 9.02. The molecular formula is C15H21F3N2O. The molecule has 0 spiro atoms. The Morgan fingerprint density at radius 2 is 2.10 bits per heavy atom. The molecule has 1 fully saturated rings. The van der Waals surface area contributed by atoms with Crippen molar-refractivity contribution in [2.75, 3.05) is 24.6 Å². The molecule has 2 rings (SSSR count). The molecule has 1 atom stereocenters. The predicted molar refractivity (Wildman–Crippen MR) is 76.0 cm³/mol. The molecule has 3 N–H and O–H groups in total.